The first-order valence-electron chi connectivity index (χ1n) is 9.29. The van der Waals surface area contributed by atoms with Crippen molar-refractivity contribution in [2.75, 3.05) is 6.61 Å². The van der Waals surface area contributed by atoms with Crippen molar-refractivity contribution in [3.8, 4) is 0 Å². The van der Waals surface area contributed by atoms with E-state index in [2.05, 4.69) is 80.6 Å². The van der Waals surface area contributed by atoms with E-state index in [-0.39, 0.29) is 23.4 Å². The van der Waals surface area contributed by atoms with Gasteiger partial charge in [0.05, 0.1) is 11.2 Å². The molecular weight excluding hydrogens is 367 g/mol. The van der Waals surface area contributed by atoms with Crippen LogP contribution < -0.4 is 0 Å². The number of rotatable bonds is 6. The largest absolute Gasteiger partial charge is 0.486 e. The van der Waals surface area contributed by atoms with Crippen molar-refractivity contribution < 1.29 is 13.7 Å². The molecule has 146 valence electrons. The van der Waals surface area contributed by atoms with Gasteiger partial charge in [0.1, 0.15) is 0 Å². The van der Waals surface area contributed by atoms with Crippen LogP contribution in [-0.4, -0.2) is 40.6 Å². The summed E-state index contributed by atoms with van der Waals surface area (Å²) in [7, 11) is -4.05. The molecule has 0 amide bonds. The van der Waals surface area contributed by atoms with Crippen LogP contribution in [0.1, 0.15) is 54.9 Å². The summed E-state index contributed by atoms with van der Waals surface area (Å²) in [6.07, 6.45) is 0.847. The molecule has 0 bridgehead atoms. The summed E-state index contributed by atoms with van der Waals surface area (Å²) in [6, 6.07) is 0. The fourth-order valence-corrected chi connectivity index (χ4v) is 5.08. The maximum Gasteiger partial charge on any atom is 0.486 e. The van der Waals surface area contributed by atoms with Crippen molar-refractivity contribution in [3.05, 3.63) is 11.2 Å². The van der Waals surface area contributed by atoms with E-state index in [0.29, 0.717) is 6.61 Å². The van der Waals surface area contributed by atoms with E-state index in [4.69, 9.17) is 24.8 Å². The quantitative estimate of drug-likeness (QED) is 0.405. The summed E-state index contributed by atoms with van der Waals surface area (Å²) >= 11 is 6.77. The molecule has 1 heterocycles. The van der Waals surface area contributed by atoms with Crippen molar-refractivity contribution in [1.82, 2.24) is 0 Å². The third-order valence-electron chi connectivity index (χ3n) is 6.01. The normalized spacial score (nSPS) is 21.8. The molecule has 0 aromatic rings. The average molecular weight is 405 g/mol. The second kappa shape index (κ2) is 7.44. The Kier molecular flexibility index (Phi) is 6.98. The third-order valence-corrected chi connectivity index (χ3v) is 13.2. The lowest BCUT2D eigenvalue weighted by Crippen LogP contribution is -2.41. The van der Waals surface area contributed by atoms with Gasteiger partial charge in [-0.25, -0.2) is 0 Å². The molecule has 0 spiro atoms. The molecule has 7 heteroatoms. The Morgan fingerprint density at radius 1 is 1.04 bits per heavy atom. The van der Waals surface area contributed by atoms with Crippen molar-refractivity contribution in [3.63, 3.8) is 0 Å². The Balaban J connectivity index is 2.84. The first-order chi connectivity index (χ1) is 10.9. The Morgan fingerprint density at radius 2 is 1.48 bits per heavy atom. The van der Waals surface area contributed by atoms with Crippen molar-refractivity contribution in [2.24, 2.45) is 0 Å². The highest BCUT2D eigenvalue weighted by Crippen LogP contribution is 2.39. The van der Waals surface area contributed by atoms with Gasteiger partial charge in [-0.05, 0) is 52.2 Å². The zero-order valence-corrected chi connectivity index (χ0v) is 20.9. The number of hydrogen-bond donors (Lipinski definition) is 0. The van der Waals surface area contributed by atoms with E-state index in [0.717, 1.165) is 6.42 Å². The summed E-state index contributed by atoms with van der Waals surface area (Å²) in [5.41, 5.74) is -0.649. The van der Waals surface area contributed by atoms with E-state index in [1.807, 2.05) is 0 Å². The lowest BCUT2D eigenvalue weighted by molar-refractivity contribution is 0.00578. The first-order valence-corrected chi connectivity index (χ1v) is 16.2. The molecule has 0 aromatic carbocycles. The maximum atomic E-state index is 6.77. The molecule has 0 aromatic heterocycles. The van der Waals surface area contributed by atoms with Gasteiger partial charge in [0.2, 0.25) is 0 Å². The molecule has 1 aliphatic heterocycles. The van der Waals surface area contributed by atoms with Crippen LogP contribution >= 0.6 is 11.1 Å². The third kappa shape index (κ3) is 5.94. The molecule has 1 rings (SSSR count). The van der Waals surface area contributed by atoms with Gasteiger partial charge >= 0.3 is 7.12 Å². The minimum absolute atomic E-state index is 0.219. The predicted octanol–water partition coefficient (Wildman–Crippen LogP) is 5.94. The van der Waals surface area contributed by atoms with Gasteiger partial charge in [-0.15, -0.1) is 0 Å². The van der Waals surface area contributed by atoms with Crippen LogP contribution in [0.2, 0.25) is 31.2 Å². The molecule has 0 radical (unpaired) electrons. The molecule has 0 saturated carbocycles. The van der Waals surface area contributed by atoms with Gasteiger partial charge in [0, 0.05) is 6.61 Å². The monoisotopic (exact) mass is 404 g/mol. The Hall–Kier alpha value is 0.409. The number of hydrogen-bond acceptors (Lipinski definition) is 3. The van der Waals surface area contributed by atoms with Crippen LogP contribution in [0.15, 0.2) is 11.2 Å². The van der Waals surface area contributed by atoms with E-state index in [1.165, 1.54) is 5.20 Å². The van der Waals surface area contributed by atoms with Crippen molar-refractivity contribution in [1.29, 1.82) is 0 Å². The maximum absolute atomic E-state index is 6.77. The van der Waals surface area contributed by atoms with E-state index in [9.17, 15) is 0 Å². The zero-order chi connectivity index (χ0) is 19.9. The van der Waals surface area contributed by atoms with Crippen LogP contribution in [0, 0.1) is 0 Å². The molecular formula is C18H38BClO3Si2. The first kappa shape index (κ1) is 23.4. The highest BCUT2D eigenvalue weighted by molar-refractivity contribution is 7.23. The fourth-order valence-electron chi connectivity index (χ4n) is 2.33. The molecule has 3 nitrogen and oxygen atoms in total. The molecule has 0 atom stereocenters. The smallest absolute Gasteiger partial charge is 0.417 e. The van der Waals surface area contributed by atoms with Gasteiger partial charge < -0.3 is 13.7 Å². The zero-order valence-electron chi connectivity index (χ0n) is 18.2. The van der Waals surface area contributed by atoms with Crippen LogP contribution in [0.3, 0.4) is 0 Å². The highest BCUT2D eigenvalue weighted by Gasteiger charge is 2.50. The Morgan fingerprint density at radius 3 is 1.84 bits per heavy atom. The van der Waals surface area contributed by atoms with E-state index < -0.39 is 15.7 Å². The summed E-state index contributed by atoms with van der Waals surface area (Å²) in [6.45, 7) is 24.7. The summed E-state index contributed by atoms with van der Waals surface area (Å²) in [4.78, 5) is 0. The van der Waals surface area contributed by atoms with E-state index >= 15 is 0 Å². The van der Waals surface area contributed by atoms with Gasteiger partial charge in [0.25, 0.3) is 0 Å². The van der Waals surface area contributed by atoms with Crippen LogP contribution in [-0.2, 0) is 13.7 Å². The number of halogens is 1. The van der Waals surface area contributed by atoms with Crippen molar-refractivity contribution in [2.45, 2.75) is 97.3 Å². The van der Waals surface area contributed by atoms with Gasteiger partial charge in [0.15, 0.2) is 15.7 Å². The second-order valence-corrected chi connectivity index (χ2v) is 21.4. The topological polar surface area (TPSA) is 27.7 Å². The Labute approximate surface area is 162 Å². The van der Waals surface area contributed by atoms with Crippen LogP contribution in [0.4, 0.5) is 0 Å². The Bertz CT molecular complexity index is 489. The lowest BCUT2D eigenvalue weighted by Gasteiger charge is -2.36. The van der Waals surface area contributed by atoms with Crippen LogP contribution in [0.25, 0.3) is 0 Å². The van der Waals surface area contributed by atoms with E-state index in [1.54, 1.807) is 0 Å². The molecule has 0 unspecified atom stereocenters. The molecule has 1 aliphatic rings. The summed E-state index contributed by atoms with van der Waals surface area (Å²) in [5.74, 6) is 2.10. The van der Waals surface area contributed by atoms with Crippen LogP contribution in [0.5, 0.6) is 0 Å². The molecule has 0 aliphatic carbocycles. The SMILES string of the molecule is CC1(C)OB(/C=C(\CCO[Si](C)(C)C(C)(C)C)[Si](C)(C)Cl)OC1(C)C. The van der Waals surface area contributed by atoms with Gasteiger partial charge in [-0.1, -0.05) is 45.0 Å². The molecule has 25 heavy (non-hydrogen) atoms. The minimum Gasteiger partial charge on any atom is -0.417 e. The molecule has 0 N–H and O–H groups in total. The fraction of sp³-hybridized carbons (Fsp3) is 0.889. The highest BCUT2D eigenvalue weighted by atomic mass is 35.6. The molecule has 1 saturated heterocycles. The van der Waals surface area contributed by atoms with Gasteiger partial charge in [-0.3, -0.25) is 0 Å². The predicted molar refractivity (Wildman–Crippen MR) is 115 cm³/mol. The summed E-state index contributed by atoms with van der Waals surface area (Å²) < 4.78 is 18.6. The van der Waals surface area contributed by atoms with Crippen molar-refractivity contribution >= 4 is 33.9 Å². The van der Waals surface area contributed by atoms with Gasteiger partial charge in [-0.2, -0.15) is 11.1 Å². The standard InChI is InChI=1S/C18H38BClO3Si2/c1-16(2,3)25(10,11)21-13-12-15(24(8,9)20)14-19-22-17(4,5)18(6,7)23-19/h14H,12-13H2,1-11H3/b15-14+. The average Bonchev–Trinajstić information content (AvgIpc) is 2.53. The second-order valence-electron chi connectivity index (χ2n) is 10.1. The molecule has 1 fully saturated rings. The lowest BCUT2D eigenvalue weighted by atomic mass is 9.89. The minimum atomic E-state index is -1.98. The summed E-state index contributed by atoms with van der Waals surface area (Å²) in [5, 5.41) is 1.46.